The van der Waals surface area contributed by atoms with Crippen molar-refractivity contribution in [2.45, 2.75) is 26.2 Å². The first-order valence-electron chi connectivity index (χ1n) is 6.51. The van der Waals surface area contributed by atoms with Gasteiger partial charge in [-0.15, -0.1) is 0 Å². The van der Waals surface area contributed by atoms with Crippen molar-refractivity contribution in [3.63, 3.8) is 0 Å². The van der Waals surface area contributed by atoms with E-state index in [1.165, 1.54) is 0 Å². The number of carboxylic acid groups (broad SMARTS) is 1. The number of aryl methyl sites for hydroxylation is 1. The molecule has 0 aromatic carbocycles. The molecule has 5 nitrogen and oxygen atoms in total. The third-order valence-electron chi connectivity index (χ3n) is 3.29. The van der Waals surface area contributed by atoms with Gasteiger partial charge in [0, 0.05) is 12.2 Å². The Morgan fingerprint density at radius 1 is 1.47 bits per heavy atom. The van der Waals surface area contributed by atoms with Crippen molar-refractivity contribution in [3.8, 4) is 0 Å². The van der Waals surface area contributed by atoms with Gasteiger partial charge in [-0.25, -0.2) is 4.98 Å². The number of rotatable bonds is 6. The van der Waals surface area contributed by atoms with E-state index in [-0.39, 0.29) is 12.5 Å². The van der Waals surface area contributed by atoms with Gasteiger partial charge < -0.3 is 10.4 Å². The highest BCUT2D eigenvalue weighted by atomic mass is 16.4. The maximum absolute atomic E-state index is 11.9. The monoisotopic (exact) mass is 262 g/mol. The van der Waals surface area contributed by atoms with Gasteiger partial charge in [0.05, 0.1) is 5.92 Å². The molecule has 1 aromatic heterocycles. The number of nitrogens with zero attached hydrogens (tertiary/aromatic N) is 1. The van der Waals surface area contributed by atoms with Gasteiger partial charge in [-0.3, -0.25) is 9.59 Å². The largest absolute Gasteiger partial charge is 0.481 e. The number of pyridine rings is 1. The molecule has 0 radical (unpaired) electrons. The summed E-state index contributed by atoms with van der Waals surface area (Å²) in [6.07, 6.45) is 2.87. The molecule has 1 unspecified atom stereocenters. The van der Waals surface area contributed by atoms with Crippen LogP contribution >= 0.6 is 0 Å². The number of hydrogen-bond acceptors (Lipinski definition) is 3. The second-order valence-electron chi connectivity index (χ2n) is 5.09. The Hall–Kier alpha value is -1.91. The maximum Gasteiger partial charge on any atom is 0.308 e. The molecule has 1 amide bonds. The highest BCUT2D eigenvalue weighted by molar-refractivity contribution is 5.92. The Kier molecular flexibility index (Phi) is 4.14. The standard InChI is InChI=1S/C14H18N2O3/c1-9-3-2-4-12(16-9)13(17)15-8-11(14(18)19)7-10-5-6-10/h2-4,10-11H,5-8H2,1H3,(H,15,17)(H,18,19). The van der Waals surface area contributed by atoms with Gasteiger partial charge in [0.15, 0.2) is 0 Å². The lowest BCUT2D eigenvalue weighted by atomic mass is 10.0. The summed E-state index contributed by atoms with van der Waals surface area (Å²) in [5.41, 5.74) is 1.09. The molecule has 1 saturated carbocycles. The average molecular weight is 262 g/mol. The Bertz CT molecular complexity index is 483. The minimum atomic E-state index is -0.843. The SMILES string of the molecule is Cc1cccc(C(=O)NCC(CC2CC2)C(=O)O)n1. The molecule has 1 heterocycles. The zero-order valence-electron chi connectivity index (χ0n) is 10.9. The molecule has 0 aliphatic heterocycles. The van der Waals surface area contributed by atoms with Crippen molar-refractivity contribution in [2.75, 3.05) is 6.54 Å². The molecule has 102 valence electrons. The number of aliphatic carboxylic acids is 1. The predicted octanol–water partition coefficient (Wildman–Crippen LogP) is 1.62. The van der Waals surface area contributed by atoms with Crippen LogP contribution in [0, 0.1) is 18.8 Å². The Morgan fingerprint density at radius 3 is 2.79 bits per heavy atom. The first kappa shape index (κ1) is 13.5. The predicted molar refractivity (Wildman–Crippen MR) is 69.8 cm³/mol. The molecule has 1 aliphatic carbocycles. The van der Waals surface area contributed by atoms with Crippen LogP contribution in [0.25, 0.3) is 0 Å². The van der Waals surface area contributed by atoms with Crippen LogP contribution in [0.4, 0.5) is 0 Å². The molecular formula is C14H18N2O3. The molecule has 5 heteroatoms. The minimum absolute atomic E-state index is 0.167. The van der Waals surface area contributed by atoms with E-state index in [1.807, 2.05) is 13.0 Å². The lowest BCUT2D eigenvalue weighted by Gasteiger charge is -2.12. The fraction of sp³-hybridized carbons (Fsp3) is 0.500. The number of carbonyl (C=O) groups is 2. The molecule has 0 bridgehead atoms. The van der Waals surface area contributed by atoms with Crippen LogP contribution in [0.2, 0.25) is 0 Å². The summed E-state index contributed by atoms with van der Waals surface area (Å²) < 4.78 is 0. The van der Waals surface area contributed by atoms with Gasteiger partial charge in [-0.2, -0.15) is 0 Å². The van der Waals surface area contributed by atoms with Crippen molar-refractivity contribution >= 4 is 11.9 Å². The fourth-order valence-corrected chi connectivity index (χ4v) is 2.00. The van der Waals surface area contributed by atoms with Crippen molar-refractivity contribution in [1.82, 2.24) is 10.3 Å². The highest BCUT2D eigenvalue weighted by Crippen LogP contribution is 2.35. The summed E-state index contributed by atoms with van der Waals surface area (Å²) >= 11 is 0. The topological polar surface area (TPSA) is 79.3 Å². The molecule has 2 N–H and O–H groups in total. The Balaban J connectivity index is 1.89. The molecule has 1 atom stereocenters. The van der Waals surface area contributed by atoms with Gasteiger partial charge in [0.2, 0.25) is 0 Å². The van der Waals surface area contributed by atoms with E-state index < -0.39 is 11.9 Å². The van der Waals surface area contributed by atoms with E-state index in [2.05, 4.69) is 10.3 Å². The van der Waals surface area contributed by atoms with Gasteiger partial charge in [0.25, 0.3) is 5.91 Å². The lowest BCUT2D eigenvalue weighted by molar-refractivity contribution is -0.141. The van der Waals surface area contributed by atoms with Crippen LogP contribution < -0.4 is 5.32 Å². The van der Waals surface area contributed by atoms with Crippen LogP contribution in [-0.4, -0.2) is 28.5 Å². The molecule has 1 aromatic rings. The first-order valence-corrected chi connectivity index (χ1v) is 6.51. The Morgan fingerprint density at radius 2 is 2.21 bits per heavy atom. The molecular weight excluding hydrogens is 244 g/mol. The summed E-state index contributed by atoms with van der Waals surface area (Å²) in [5, 5.41) is 11.8. The van der Waals surface area contributed by atoms with Crippen molar-refractivity contribution in [3.05, 3.63) is 29.6 Å². The fourth-order valence-electron chi connectivity index (χ4n) is 2.00. The first-order chi connectivity index (χ1) is 9.06. The third-order valence-corrected chi connectivity index (χ3v) is 3.29. The summed E-state index contributed by atoms with van der Waals surface area (Å²) in [5.74, 6) is -1.13. The number of amides is 1. The molecule has 1 fully saturated rings. The smallest absolute Gasteiger partial charge is 0.308 e. The van der Waals surface area contributed by atoms with Crippen LogP contribution in [0.3, 0.4) is 0 Å². The average Bonchev–Trinajstić information content (AvgIpc) is 3.17. The summed E-state index contributed by atoms with van der Waals surface area (Å²) in [7, 11) is 0. The maximum atomic E-state index is 11.9. The van der Waals surface area contributed by atoms with Crippen molar-refractivity contribution in [2.24, 2.45) is 11.8 Å². The van der Waals surface area contributed by atoms with E-state index in [4.69, 9.17) is 5.11 Å². The van der Waals surface area contributed by atoms with Crippen LogP contribution in [0.5, 0.6) is 0 Å². The minimum Gasteiger partial charge on any atom is -0.481 e. The molecule has 0 saturated heterocycles. The van der Waals surface area contributed by atoms with E-state index >= 15 is 0 Å². The van der Waals surface area contributed by atoms with Gasteiger partial charge in [-0.1, -0.05) is 18.9 Å². The zero-order valence-corrected chi connectivity index (χ0v) is 10.9. The molecule has 19 heavy (non-hydrogen) atoms. The lowest BCUT2D eigenvalue weighted by Crippen LogP contribution is -2.33. The quantitative estimate of drug-likeness (QED) is 0.816. The second-order valence-corrected chi connectivity index (χ2v) is 5.09. The Labute approximate surface area is 112 Å². The van der Waals surface area contributed by atoms with Crippen LogP contribution in [0.1, 0.15) is 35.4 Å². The number of carbonyl (C=O) groups excluding carboxylic acids is 1. The molecule has 2 rings (SSSR count). The third kappa shape index (κ3) is 4.05. The van der Waals surface area contributed by atoms with Gasteiger partial charge in [-0.05, 0) is 31.4 Å². The number of nitrogens with one attached hydrogen (secondary N) is 1. The molecule has 0 spiro atoms. The van der Waals surface area contributed by atoms with Gasteiger partial charge in [0.1, 0.15) is 5.69 Å². The van der Waals surface area contributed by atoms with E-state index in [0.29, 0.717) is 18.0 Å². The van der Waals surface area contributed by atoms with E-state index in [0.717, 1.165) is 18.5 Å². The molecule has 1 aliphatic rings. The van der Waals surface area contributed by atoms with E-state index in [1.54, 1.807) is 12.1 Å². The van der Waals surface area contributed by atoms with Crippen LogP contribution in [0.15, 0.2) is 18.2 Å². The number of hydrogen-bond donors (Lipinski definition) is 2. The number of carboxylic acids is 1. The summed E-state index contributed by atoms with van der Waals surface area (Å²) in [4.78, 5) is 27.1. The number of aromatic nitrogens is 1. The highest BCUT2D eigenvalue weighted by Gasteiger charge is 2.29. The summed E-state index contributed by atoms with van der Waals surface area (Å²) in [6, 6.07) is 5.19. The zero-order chi connectivity index (χ0) is 13.8. The normalized spacial score (nSPS) is 15.8. The van der Waals surface area contributed by atoms with Crippen molar-refractivity contribution < 1.29 is 14.7 Å². The van der Waals surface area contributed by atoms with E-state index in [9.17, 15) is 9.59 Å². The van der Waals surface area contributed by atoms with Crippen molar-refractivity contribution in [1.29, 1.82) is 0 Å². The second kappa shape index (κ2) is 5.82. The van der Waals surface area contributed by atoms with Crippen LogP contribution in [-0.2, 0) is 4.79 Å². The van der Waals surface area contributed by atoms with Gasteiger partial charge >= 0.3 is 5.97 Å². The summed E-state index contributed by atoms with van der Waals surface area (Å²) in [6.45, 7) is 1.98.